The number of ether oxygens (including phenoxy) is 1. The molecule has 7 heteroatoms. The van der Waals surface area contributed by atoms with Gasteiger partial charge in [0, 0.05) is 0 Å². The van der Waals surface area contributed by atoms with Crippen molar-refractivity contribution in [1.82, 2.24) is 0 Å². The van der Waals surface area contributed by atoms with Crippen molar-refractivity contribution in [2.45, 2.75) is 90.0 Å². The molecule has 0 saturated carbocycles. The summed E-state index contributed by atoms with van der Waals surface area (Å²) >= 11 is 0. The van der Waals surface area contributed by atoms with E-state index in [2.05, 4.69) is 67.7 Å². The highest BCUT2D eigenvalue weighted by atomic mass is 28.4. The van der Waals surface area contributed by atoms with Gasteiger partial charge < -0.3 is 18.7 Å². The molecule has 1 N–H and O–H groups in total. The van der Waals surface area contributed by atoms with E-state index in [1.165, 1.54) is 0 Å². The third kappa shape index (κ3) is 5.16. The van der Waals surface area contributed by atoms with Crippen LogP contribution in [0.1, 0.15) is 41.5 Å². The third-order valence-corrected chi connectivity index (χ3v) is 15.2. The molecule has 1 saturated heterocycles. The van der Waals surface area contributed by atoms with Crippen molar-refractivity contribution in [2.24, 2.45) is 5.92 Å². The van der Waals surface area contributed by atoms with Crippen molar-refractivity contribution >= 4 is 22.6 Å². The molecule has 1 heterocycles. The van der Waals surface area contributed by atoms with Crippen LogP contribution < -0.4 is 0 Å². The van der Waals surface area contributed by atoms with Gasteiger partial charge in [0.25, 0.3) is 0 Å². The number of esters is 1. The molecule has 3 atom stereocenters. The summed E-state index contributed by atoms with van der Waals surface area (Å²) in [7, 11) is -4.05. The van der Waals surface area contributed by atoms with E-state index < -0.39 is 34.8 Å². The second-order valence-corrected chi connectivity index (χ2v) is 19.7. The molecule has 1 rings (SSSR count). The zero-order chi connectivity index (χ0) is 19.8. The SMILES string of the molecule is CC(C)(C)[Si](C)(C)OC[C@@H]1OC(=O)[C@H](CO)[C@H]1O[Si](C)(C)C(C)(C)C. The minimum Gasteiger partial charge on any atom is -0.457 e. The van der Waals surface area contributed by atoms with E-state index in [0.717, 1.165) is 0 Å². The standard InChI is InChI=1S/C18H38O5Si2/c1-17(2,3)24(7,8)21-12-14-15(13(11-19)16(20)22-14)23-25(9,10)18(4,5)6/h13-15,19H,11-12H2,1-10H3/t13-,14+,15-/m1/s1. The molecule has 0 unspecified atom stereocenters. The van der Waals surface area contributed by atoms with Crippen LogP contribution in [-0.2, 0) is 18.4 Å². The number of hydrogen-bond donors (Lipinski definition) is 1. The van der Waals surface area contributed by atoms with E-state index in [4.69, 9.17) is 13.6 Å². The van der Waals surface area contributed by atoms with Gasteiger partial charge in [-0.1, -0.05) is 41.5 Å². The lowest BCUT2D eigenvalue weighted by Crippen LogP contribution is -2.50. The smallest absolute Gasteiger partial charge is 0.314 e. The van der Waals surface area contributed by atoms with Crippen molar-refractivity contribution in [1.29, 1.82) is 0 Å². The topological polar surface area (TPSA) is 65.0 Å². The van der Waals surface area contributed by atoms with Gasteiger partial charge in [0.15, 0.2) is 16.6 Å². The van der Waals surface area contributed by atoms with E-state index >= 15 is 0 Å². The predicted molar refractivity (Wildman–Crippen MR) is 106 cm³/mol. The van der Waals surface area contributed by atoms with Crippen LogP contribution in [-0.4, -0.2) is 53.1 Å². The van der Waals surface area contributed by atoms with Crippen molar-refractivity contribution < 1.29 is 23.5 Å². The van der Waals surface area contributed by atoms with Gasteiger partial charge in [-0.3, -0.25) is 4.79 Å². The summed E-state index contributed by atoms with van der Waals surface area (Å²) in [5.41, 5.74) is 0. The summed E-state index contributed by atoms with van der Waals surface area (Å²) in [5.74, 6) is -1.00. The van der Waals surface area contributed by atoms with Gasteiger partial charge in [-0.15, -0.1) is 0 Å². The molecule has 0 radical (unpaired) electrons. The molecule has 0 aliphatic carbocycles. The Morgan fingerprint density at radius 2 is 1.48 bits per heavy atom. The summed E-state index contributed by atoms with van der Waals surface area (Å²) < 4.78 is 18.3. The molecular formula is C18H38O5Si2. The fraction of sp³-hybridized carbons (Fsp3) is 0.944. The van der Waals surface area contributed by atoms with Gasteiger partial charge >= 0.3 is 5.97 Å². The van der Waals surface area contributed by atoms with E-state index in [9.17, 15) is 9.90 Å². The lowest BCUT2D eigenvalue weighted by atomic mass is 10.0. The first-order valence-corrected chi connectivity index (χ1v) is 15.0. The lowest BCUT2D eigenvalue weighted by molar-refractivity contribution is -0.146. The highest BCUT2D eigenvalue weighted by Crippen LogP contribution is 2.41. The Morgan fingerprint density at radius 3 is 1.88 bits per heavy atom. The second kappa shape index (κ2) is 7.42. The van der Waals surface area contributed by atoms with Crippen LogP contribution in [0.25, 0.3) is 0 Å². The largest absolute Gasteiger partial charge is 0.457 e. The molecule has 25 heavy (non-hydrogen) atoms. The highest BCUT2D eigenvalue weighted by molar-refractivity contribution is 6.74. The highest BCUT2D eigenvalue weighted by Gasteiger charge is 2.51. The molecule has 1 fully saturated rings. The summed E-state index contributed by atoms with van der Waals surface area (Å²) in [4.78, 5) is 12.2. The van der Waals surface area contributed by atoms with Crippen molar-refractivity contribution in [3.05, 3.63) is 0 Å². The zero-order valence-electron chi connectivity index (χ0n) is 17.7. The van der Waals surface area contributed by atoms with Crippen molar-refractivity contribution in [2.75, 3.05) is 13.2 Å². The van der Waals surface area contributed by atoms with Crippen LogP contribution in [0.5, 0.6) is 0 Å². The fourth-order valence-electron chi connectivity index (χ4n) is 2.19. The molecule has 1 aliphatic rings. The van der Waals surface area contributed by atoms with Gasteiger partial charge in [-0.2, -0.15) is 0 Å². The van der Waals surface area contributed by atoms with Gasteiger partial charge in [-0.25, -0.2) is 0 Å². The number of cyclic esters (lactones) is 1. The Balaban J connectivity index is 2.95. The first-order chi connectivity index (χ1) is 11.0. The quantitative estimate of drug-likeness (QED) is 0.550. The normalized spacial score (nSPS) is 26.0. The third-order valence-electron chi connectivity index (χ3n) is 6.18. The van der Waals surface area contributed by atoms with Crippen LogP contribution >= 0.6 is 0 Å². The van der Waals surface area contributed by atoms with Gasteiger partial charge in [0.2, 0.25) is 0 Å². The fourth-order valence-corrected chi connectivity index (χ4v) is 4.55. The lowest BCUT2D eigenvalue weighted by Gasteiger charge is -2.41. The number of carbonyl (C=O) groups is 1. The summed E-state index contributed by atoms with van der Waals surface area (Å²) in [6.07, 6.45) is -0.893. The van der Waals surface area contributed by atoms with Crippen molar-refractivity contribution in [3.63, 3.8) is 0 Å². The van der Waals surface area contributed by atoms with Gasteiger partial charge in [0.05, 0.1) is 19.3 Å². The first kappa shape index (κ1) is 22.8. The van der Waals surface area contributed by atoms with E-state index in [0.29, 0.717) is 6.61 Å². The molecular weight excluding hydrogens is 352 g/mol. The Hall–Kier alpha value is -0.216. The summed E-state index contributed by atoms with van der Waals surface area (Å²) in [6.45, 7) is 21.7. The number of aliphatic hydroxyl groups is 1. The van der Waals surface area contributed by atoms with Crippen LogP contribution in [0.3, 0.4) is 0 Å². The maximum atomic E-state index is 12.2. The molecule has 0 aromatic rings. The van der Waals surface area contributed by atoms with Gasteiger partial charge in [-0.05, 0) is 36.3 Å². The van der Waals surface area contributed by atoms with E-state index in [1.807, 2.05) is 0 Å². The minimum atomic E-state index is -2.10. The van der Waals surface area contributed by atoms with E-state index in [1.54, 1.807) is 0 Å². The zero-order valence-corrected chi connectivity index (χ0v) is 19.7. The minimum absolute atomic E-state index is 0.0173. The molecule has 148 valence electrons. The number of aliphatic hydroxyl groups excluding tert-OH is 1. The number of hydrogen-bond acceptors (Lipinski definition) is 5. The van der Waals surface area contributed by atoms with Crippen LogP contribution in [0, 0.1) is 5.92 Å². The average molecular weight is 391 g/mol. The van der Waals surface area contributed by atoms with Crippen LogP contribution in [0.4, 0.5) is 0 Å². The Morgan fingerprint density at radius 1 is 1.00 bits per heavy atom. The number of carbonyl (C=O) groups excluding carboxylic acids is 1. The molecule has 1 aliphatic heterocycles. The number of rotatable bonds is 6. The van der Waals surface area contributed by atoms with Crippen LogP contribution in [0.2, 0.25) is 36.3 Å². The Kier molecular flexibility index (Phi) is 6.78. The Bertz CT molecular complexity index is 477. The predicted octanol–water partition coefficient (Wildman–Crippen LogP) is 3.93. The summed E-state index contributed by atoms with van der Waals surface area (Å²) in [5, 5.41) is 9.79. The molecule has 0 spiro atoms. The van der Waals surface area contributed by atoms with Crippen molar-refractivity contribution in [3.8, 4) is 0 Å². The first-order valence-electron chi connectivity index (χ1n) is 9.16. The average Bonchev–Trinajstić information content (AvgIpc) is 2.68. The van der Waals surface area contributed by atoms with Gasteiger partial charge in [0.1, 0.15) is 12.0 Å². The maximum Gasteiger partial charge on any atom is 0.314 e. The maximum absolute atomic E-state index is 12.2. The molecule has 0 aromatic carbocycles. The monoisotopic (exact) mass is 390 g/mol. The molecule has 0 aromatic heterocycles. The Labute approximate surface area is 155 Å². The molecule has 0 amide bonds. The summed E-state index contributed by atoms with van der Waals surface area (Å²) in [6, 6.07) is 0. The second-order valence-electron chi connectivity index (χ2n) is 10.2. The van der Waals surface area contributed by atoms with E-state index in [-0.39, 0.29) is 22.7 Å². The molecule has 0 bridgehead atoms. The van der Waals surface area contributed by atoms with Crippen LogP contribution in [0.15, 0.2) is 0 Å². The molecule has 5 nitrogen and oxygen atoms in total.